The van der Waals surface area contributed by atoms with E-state index in [1.54, 1.807) is 11.8 Å². The number of rotatable bonds is 6. The van der Waals surface area contributed by atoms with Crippen LogP contribution in [-0.2, 0) is 20.9 Å². The summed E-state index contributed by atoms with van der Waals surface area (Å²) in [6, 6.07) is 7.85. The molecule has 0 saturated carbocycles. The third-order valence-electron chi connectivity index (χ3n) is 4.28. The minimum Gasteiger partial charge on any atom is -0.450 e. The van der Waals surface area contributed by atoms with E-state index in [9.17, 15) is 14.4 Å². The molecule has 0 aliphatic carbocycles. The number of piperidine rings is 1. The third kappa shape index (κ3) is 6.38. The van der Waals surface area contributed by atoms with E-state index in [-0.39, 0.29) is 30.4 Å². The average molecular weight is 361 g/mol. The molecular weight excluding hydrogens is 334 g/mol. The summed E-state index contributed by atoms with van der Waals surface area (Å²) in [6.07, 6.45) is 0.822. The van der Waals surface area contributed by atoms with Crippen molar-refractivity contribution in [1.82, 2.24) is 15.5 Å². The lowest BCUT2D eigenvalue weighted by molar-refractivity contribution is -0.129. The quantitative estimate of drug-likeness (QED) is 0.756. The zero-order valence-corrected chi connectivity index (χ0v) is 15.4. The summed E-state index contributed by atoms with van der Waals surface area (Å²) in [7, 11) is 0. The van der Waals surface area contributed by atoms with Crippen LogP contribution < -0.4 is 10.6 Å². The molecule has 0 aromatic heterocycles. The molecule has 2 rings (SSSR count). The Labute approximate surface area is 154 Å². The predicted molar refractivity (Wildman–Crippen MR) is 97.4 cm³/mol. The second-order valence-electron chi connectivity index (χ2n) is 6.47. The van der Waals surface area contributed by atoms with Crippen molar-refractivity contribution in [2.75, 3.05) is 19.7 Å². The second-order valence-corrected chi connectivity index (χ2v) is 6.47. The van der Waals surface area contributed by atoms with E-state index in [2.05, 4.69) is 10.6 Å². The normalized spacial score (nSPS) is 14.6. The number of likely N-dealkylation sites (tertiary alicyclic amines) is 1. The number of hydrogen-bond donors (Lipinski definition) is 2. The lowest BCUT2D eigenvalue weighted by Gasteiger charge is -2.31. The summed E-state index contributed by atoms with van der Waals surface area (Å²) in [5, 5.41) is 5.63. The molecule has 3 amide bonds. The van der Waals surface area contributed by atoms with Gasteiger partial charge in [0, 0.05) is 25.7 Å². The molecule has 1 aromatic carbocycles. The van der Waals surface area contributed by atoms with E-state index in [0.29, 0.717) is 39.1 Å². The van der Waals surface area contributed by atoms with Crippen LogP contribution in [0.15, 0.2) is 24.3 Å². The van der Waals surface area contributed by atoms with Crippen molar-refractivity contribution >= 4 is 17.9 Å². The van der Waals surface area contributed by atoms with Gasteiger partial charge < -0.3 is 20.3 Å². The van der Waals surface area contributed by atoms with E-state index >= 15 is 0 Å². The molecule has 1 heterocycles. The lowest BCUT2D eigenvalue weighted by Crippen LogP contribution is -2.47. The molecule has 1 aromatic rings. The summed E-state index contributed by atoms with van der Waals surface area (Å²) in [5.74, 6) is -0.589. The molecule has 142 valence electrons. The van der Waals surface area contributed by atoms with Crippen molar-refractivity contribution < 1.29 is 19.1 Å². The zero-order valence-electron chi connectivity index (χ0n) is 15.4. The van der Waals surface area contributed by atoms with Crippen LogP contribution in [0.25, 0.3) is 0 Å². The minimum absolute atomic E-state index is 0.0160. The van der Waals surface area contributed by atoms with E-state index in [1.165, 1.54) is 0 Å². The maximum Gasteiger partial charge on any atom is 0.409 e. The van der Waals surface area contributed by atoms with Gasteiger partial charge in [0.2, 0.25) is 11.8 Å². The summed E-state index contributed by atoms with van der Waals surface area (Å²) < 4.78 is 4.97. The van der Waals surface area contributed by atoms with Crippen LogP contribution in [0.2, 0.25) is 0 Å². The summed E-state index contributed by atoms with van der Waals surface area (Å²) >= 11 is 0. The fourth-order valence-corrected chi connectivity index (χ4v) is 2.93. The first kappa shape index (κ1) is 19.8. The molecule has 0 spiro atoms. The fraction of sp³-hybridized carbons (Fsp3) is 0.526. The number of nitrogens with one attached hydrogen (secondary N) is 2. The molecule has 7 nitrogen and oxygen atoms in total. The van der Waals surface area contributed by atoms with Gasteiger partial charge in [-0.1, -0.05) is 29.8 Å². The first-order chi connectivity index (χ1) is 12.5. The molecule has 26 heavy (non-hydrogen) atoms. The standard InChI is InChI=1S/C19H27N3O4/c1-3-26-19(25)22-9-7-16(8-10-22)21-18(24)12-17(23)20-13-15-6-4-5-14(2)11-15/h4-6,11,16H,3,7-10,12-13H2,1-2H3,(H,20,23)(H,21,24). The Balaban J connectivity index is 1.67. The highest BCUT2D eigenvalue weighted by Crippen LogP contribution is 2.11. The fourth-order valence-electron chi connectivity index (χ4n) is 2.93. The number of carbonyl (C=O) groups excluding carboxylic acids is 3. The van der Waals surface area contributed by atoms with E-state index in [0.717, 1.165) is 11.1 Å². The number of amides is 3. The Hall–Kier alpha value is -2.57. The van der Waals surface area contributed by atoms with Crippen molar-refractivity contribution in [3.63, 3.8) is 0 Å². The molecule has 1 aliphatic rings. The van der Waals surface area contributed by atoms with Gasteiger partial charge in [0.05, 0.1) is 6.61 Å². The van der Waals surface area contributed by atoms with Crippen molar-refractivity contribution in [3.8, 4) is 0 Å². The van der Waals surface area contributed by atoms with Gasteiger partial charge >= 0.3 is 6.09 Å². The smallest absolute Gasteiger partial charge is 0.409 e. The van der Waals surface area contributed by atoms with Gasteiger partial charge in [-0.25, -0.2) is 4.79 Å². The summed E-state index contributed by atoms with van der Waals surface area (Å²) in [4.78, 5) is 37.2. The Bertz CT molecular complexity index is 639. The largest absolute Gasteiger partial charge is 0.450 e. The summed E-state index contributed by atoms with van der Waals surface area (Å²) in [6.45, 7) is 5.62. The van der Waals surface area contributed by atoms with Gasteiger partial charge in [-0.3, -0.25) is 9.59 Å². The maximum atomic E-state index is 12.0. The monoisotopic (exact) mass is 361 g/mol. The second kappa shape index (κ2) is 9.79. The lowest BCUT2D eigenvalue weighted by atomic mass is 10.1. The van der Waals surface area contributed by atoms with Gasteiger partial charge in [-0.05, 0) is 32.3 Å². The number of ether oxygens (including phenoxy) is 1. The SMILES string of the molecule is CCOC(=O)N1CCC(NC(=O)CC(=O)NCc2cccc(C)c2)CC1. The Morgan fingerprint density at radius 2 is 1.92 bits per heavy atom. The van der Waals surface area contributed by atoms with Gasteiger partial charge in [0.25, 0.3) is 0 Å². The highest BCUT2D eigenvalue weighted by Gasteiger charge is 2.24. The van der Waals surface area contributed by atoms with Gasteiger partial charge in [-0.15, -0.1) is 0 Å². The van der Waals surface area contributed by atoms with Crippen LogP contribution in [-0.4, -0.2) is 48.5 Å². The topological polar surface area (TPSA) is 87.7 Å². The Morgan fingerprint density at radius 1 is 1.19 bits per heavy atom. The predicted octanol–water partition coefficient (Wildman–Crippen LogP) is 1.74. The Kier molecular flexibility index (Phi) is 7.44. The van der Waals surface area contributed by atoms with E-state index in [1.807, 2.05) is 31.2 Å². The molecule has 7 heteroatoms. The molecule has 1 saturated heterocycles. The van der Waals surface area contributed by atoms with E-state index < -0.39 is 0 Å². The van der Waals surface area contributed by atoms with Crippen LogP contribution in [0.5, 0.6) is 0 Å². The van der Waals surface area contributed by atoms with Crippen LogP contribution >= 0.6 is 0 Å². The number of carbonyl (C=O) groups is 3. The average Bonchev–Trinajstić information content (AvgIpc) is 2.61. The third-order valence-corrected chi connectivity index (χ3v) is 4.28. The zero-order chi connectivity index (χ0) is 18.9. The van der Waals surface area contributed by atoms with Crippen LogP contribution in [0.1, 0.15) is 37.3 Å². The van der Waals surface area contributed by atoms with Gasteiger partial charge in [0.1, 0.15) is 6.42 Å². The Morgan fingerprint density at radius 3 is 2.58 bits per heavy atom. The molecule has 1 aliphatic heterocycles. The van der Waals surface area contributed by atoms with Crippen molar-refractivity contribution in [1.29, 1.82) is 0 Å². The summed E-state index contributed by atoms with van der Waals surface area (Å²) in [5.41, 5.74) is 2.13. The molecular formula is C19H27N3O4. The van der Waals surface area contributed by atoms with Crippen LogP contribution in [0.4, 0.5) is 4.79 Å². The van der Waals surface area contributed by atoms with E-state index in [4.69, 9.17) is 4.74 Å². The van der Waals surface area contributed by atoms with Gasteiger partial charge in [-0.2, -0.15) is 0 Å². The highest BCUT2D eigenvalue weighted by molar-refractivity contribution is 5.96. The first-order valence-corrected chi connectivity index (χ1v) is 9.01. The molecule has 1 fully saturated rings. The number of hydrogen-bond acceptors (Lipinski definition) is 4. The highest BCUT2D eigenvalue weighted by atomic mass is 16.6. The molecule has 0 unspecified atom stereocenters. The van der Waals surface area contributed by atoms with Crippen molar-refractivity contribution in [2.24, 2.45) is 0 Å². The van der Waals surface area contributed by atoms with Crippen molar-refractivity contribution in [2.45, 2.75) is 45.7 Å². The van der Waals surface area contributed by atoms with Crippen LogP contribution in [0, 0.1) is 6.92 Å². The van der Waals surface area contributed by atoms with Crippen LogP contribution in [0.3, 0.4) is 0 Å². The first-order valence-electron chi connectivity index (χ1n) is 9.01. The number of nitrogens with zero attached hydrogens (tertiary/aromatic N) is 1. The van der Waals surface area contributed by atoms with Gasteiger partial charge in [0.15, 0.2) is 0 Å². The van der Waals surface area contributed by atoms with Crippen molar-refractivity contribution in [3.05, 3.63) is 35.4 Å². The molecule has 2 N–H and O–H groups in total. The minimum atomic E-state index is -0.312. The number of benzene rings is 1. The molecule has 0 radical (unpaired) electrons. The maximum absolute atomic E-state index is 12.0. The molecule has 0 bridgehead atoms. The molecule has 0 atom stereocenters. The number of aryl methyl sites for hydroxylation is 1.